The fourth-order valence-corrected chi connectivity index (χ4v) is 8.76. The average molecular weight is 711 g/mol. The Kier molecular flexibility index (Phi) is 8.90. The number of halogens is 2. The number of carbonyl (C=O) groups excluding carboxylic acids is 1. The zero-order valence-electron chi connectivity index (χ0n) is 30.1. The molecule has 0 N–H and O–H groups in total. The summed E-state index contributed by atoms with van der Waals surface area (Å²) in [5.41, 5.74) is 0.469. The van der Waals surface area contributed by atoms with Gasteiger partial charge in [0.25, 0.3) is 0 Å². The van der Waals surface area contributed by atoms with E-state index in [-0.39, 0.29) is 46.2 Å². The smallest absolute Gasteiger partial charge is 0.410 e. The summed E-state index contributed by atoms with van der Waals surface area (Å²) < 4.78 is 51.2. The largest absolute Gasteiger partial charge is 0.463 e. The van der Waals surface area contributed by atoms with Crippen molar-refractivity contribution in [2.24, 2.45) is 0 Å². The first-order chi connectivity index (χ1) is 25.0. The highest BCUT2D eigenvalue weighted by molar-refractivity contribution is 6.03. The molecule has 4 aliphatic rings. The molecule has 10 nitrogen and oxygen atoms in total. The Hall–Kier alpha value is -4.60. The summed E-state index contributed by atoms with van der Waals surface area (Å²) in [6.07, 6.45) is 4.21. The van der Waals surface area contributed by atoms with Gasteiger partial charge >= 0.3 is 12.1 Å². The number of ether oxygens (including phenoxy) is 3. The second-order valence-electron chi connectivity index (χ2n) is 15.6. The number of hydrogen-bond donors (Lipinski definition) is 0. The highest BCUT2D eigenvalue weighted by atomic mass is 19.1. The van der Waals surface area contributed by atoms with Crippen LogP contribution in [0.15, 0.2) is 36.4 Å². The Balaban J connectivity index is 1.17. The summed E-state index contributed by atoms with van der Waals surface area (Å²) in [5, 5.41) is 11.4. The first-order valence-electron chi connectivity index (χ1n) is 18.3. The number of anilines is 1. The molecule has 4 saturated heterocycles. The molecule has 8 rings (SSSR count). The lowest BCUT2D eigenvalue weighted by atomic mass is 9.92. The third-order valence-electron chi connectivity index (χ3n) is 10.9. The van der Waals surface area contributed by atoms with Gasteiger partial charge in [-0.3, -0.25) is 9.80 Å². The van der Waals surface area contributed by atoms with Crippen LogP contribution in [0.5, 0.6) is 6.01 Å². The molecular weight excluding hydrogens is 666 g/mol. The van der Waals surface area contributed by atoms with Crippen LogP contribution in [-0.4, -0.2) is 95.1 Å². The molecule has 52 heavy (non-hydrogen) atoms. The number of morpholine rings is 1. The van der Waals surface area contributed by atoms with Crippen LogP contribution >= 0.6 is 0 Å². The van der Waals surface area contributed by atoms with Gasteiger partial charge in [0.05, 0.1) is 49.1 Å². The second kappa shape index (κ2) is 13.4. The lowest BCUT2D eigenvalue weighted by Crippen LogP contribution is -2.57. The van der Waals surface area contributed by atoms with Crippen LogP contribution in [0.25, 0.3) is 32.8 Å². The molecule has 4 atom stereocenters. The summed E-state index contributed by atoms with van der Waals surface area (Å²) in [5.74, 6) is -1.26. The normalized spacial score (nSPS) is 23.0. The first kappa shape index (κ1) is 34.5. The van der Waals surface area contributed by atoms with Crippen LogP contribution in [0, 0.1) is 29.9 Å². The summed E-state index contributed by atoms with van der Waals surface area (Å²) in [6, 6.07) is 12.9. The van der Waals surface area contributed by atoms with E-state index in [1.807, 2.05) is 49.6 Å². The Bertz CT molecular complexity index is 2070. The van der Waals surface area contributed by atoms with E-state index < -0.39 is 17.2 Å². The van der Waals surface area contributed by atoms with Crippen molar-refractivity contribution in [3.63, 3.8) is 0 Å². The van der Waals surface area contributed by atoms with E-state index in [1.54, 1.807) is 18.2 Å². The van der Waals surface area contributed by atoms with Crippen molar-refractivity contribution in [1.82, 2.24) is 19.8 Å². The van der Waals surface area contributed by atoms with Crippen LogP contribution in [0.3, 0.4) is 0 Å². The highest BCUT2D eigenvalue weighted by Gasteiger charge is 2.45. The molecule has 12 heteroatoms. The van der Waals surface area contributed by atoms with Crippen molar-refractivity contribution < 1.29 is 27.8 Å². The number of carbonyl (C=O) groups is 1. The number of hydrogen-bond acceptors (Lipinski definition) is 9. The minimum absolute atomic E-state index is 0.0117. The average Bonchev–Trinajstić information content (AvgIpc) is 3.49. The highest BCUT2D eigenvalue weighted by Crippen LogP contribution is 2.42. The number of aromatic nitrogens is 2. The van der Waals surface area contributed by atoms with Gasteiger partial charge in [0.1, 0.15) is 22.8 Å². The topological polar surface area (TPSA) is 104 Å². The fourth-order valence-electron chi connectivity index (χ4n) is 8.76. The predicted molar refractivity (Wildman–Crippen MR) is 193 cm³/mol. The van der Waals surface area contributed by atoms with E-state index in [9.17, 15) is 10.1 Å². The van der Waals surface area contributed by atoms with Crippen molar-refractivity contribution in [3.05, 3.63) is 59.2 Å². The van der Waals surface area contributed by atoms with Crippen molar-refractivity contribution in [1.29, 1.82) is 5.26 Å². The number of benzene rings is 3. The minimum atomic E-state index is -0.844. The third-order valence-corrected chi connectivity index (χ3v) is 10.9. The van der Waals surface area contributed by atoms with Gasteiger partial charge in [0.2, 0.25) is 0 Å². The molecule has 5 heterocycles. The third kappa shape index (κ3) is 6.28. The van der Waals surface area contributed by atoms with Crippen molar-refractivity contribution in [3.8, 4) is 23.2 Å². The Morgan fingerprint density at radius 3 is 2.42 bits per heavy atom. The van der Waals surface area contributed by atoms with E-state index in [0.29, 0.717) is 53.9 Å². The number of nitriles is 1. The SMILES string of the molecule is Cc1cc(-c2c(F)cc3c(N4CC5CCC(C4)N5C(=O)OC(C)(C)C)nc(OCCCN4C5CCC4COC5)nc3c2F)c2c(C#N)cccc2c1. The lowest BCUT2D eigenvalue weighted by molar-refractivity contribution is -0.0161. The molecule has 0 radical (unpaired) electrons. The zero-order chi connectivity index (χ0) is 36.3. The minimum Gasteiger partial charge on any atom is -0.463 e. The van der Waals surface area contributed by atoms with Gasteiger partial charge in [0, 0.05) is 42.5 Å². The van der Waals surface area contributed by atoms with E-state index >= 15 is 8.78 Å². The number of fused-ring (bicyclic) bond motifs is 6. The van der Waals surface area contributed by atoms with E-state index in [4.69, 9.17) is 19.2 Å². The summed E-state index contributed by atoms with van der Waals surface area (Å²) in [7, 11) is 0. The fraction of sp³-hybridized carbons (Fsp3) is 0.500. The van der Waals surface area contributed by atoms with Gasteiger partial charge < -0.3 is 19.1 Å². The Morgan fingerprint density at radius 2 is 1.73 bits per heavy atom. The summed E-state index contributed by atoms with van der Waals surface area (Å²) in [4.78, 5) is 28.9. The molecular formula is C40H44F2N6O4. The standard InChI is InChI=1S/C40H44F2N6O4/c1-23-15-24-7-5-8-25(18-43)33(24)30(16-23)34-32(41)17-31-36(35(34)42)44-38(51-14-6-13-47-28-11-12-29(47)22-50-21-28)45-37(31)46-19-26-9-10-27(20-46)48(26)39(49)52-40(2,3)4/h5,7-8,15-17,26-29H,6,9-14,19-22H2,1-4H3. The molecule has 4 fully saturated rings. The molecule has 4 bridgehead atoms. The number of amides is 1. The van der Waals surface area contributed by atoms with Gasteiger partial charge in [-0.05, 0) is 88.4 Å². The number of nitrogens with zero attached hydrogens (tertiary/aromatic N) is 6. The molecule has 0 spiro atoms. The Morgan fingerprint density at radius 1 is 1.02 bits per heavy atom. The first-order valence-corrected chi connectivity index (χ1v) is 18.3. The van der Waals surface area contributed by atoms with Crippen molar-refractivity contribution in [2.75, 3.05) is 44.4 Å². The van der Waals surface area contributed by atoms with Crippen molar-refractivity contribution >= 4 is 33.6 Å². The summed E-state index contributed by atoms with van der Waals surface area (Å²) in [6.45, 7) is 10.9. The molecule has 4 unspecified atom stereocenters. The van der Waals surface area contributed by atoms with Crippen LogP contribution in [0.4, 0.5) is 19.4 Å². The second-order valence-corrected chi connectivity index (χ2v) is 15.6. The molecule has 1 aromatic heterocycles. The van der Waals surface area contributed by atoms with Gasteiger partial charge in [-0.25, -0.2) is 13.6 Å². The Labute approximate surface area is 302 Å². The lowest BCUT2D eigenvalue weighted by Gasteiger charge is -2.42. The van der Waals surface area contributed by atoms with E-state index in [1.165, 1.54) is 6.07 Å². The van der Waals surface area contributed by atoms with Crippen LogP contribution < -0.4 is 9.64 Å². The number of aryl methyl sites for hydroxylation is 1. The number of piperazine rings is 1. The van der Waals surface area contributed by atoms with Crippen molar-refractivity contribution in [2.45, 2.75) is 89.6 Å². The maximum atomic E-state index is 17.1. The maximum Gasteiger partial charge on any atom is 0.410 e. The van der Waals surface area contributed by atoms with Crippen LogP contribution in [-0.2, 0) is 9.47 Å². The molecule has 3 aromatic carbocycles. The van der Waals surface area contributed by atoms with Gasteiger partial charge in [-0.15, -0.1) is 0 Å². The monoisotopic (exact) mass is 710 g/mol. The number of rotatable bonds is 7. The van der Waals surface area contributed by atoms with Gasteiger partial charge in [-0.2, -0.15) is 15.2 Å². The van der Waals surface area contributed by atoms with E-state index in [0.717, 1.165) is 57.4 Å². The van der Waals surface area contributed by atoms with Gasteiger partial charge in [0.15, 0.2) is 5.82 Å². The van der Waals surface area contributed by atoms with Gasteiger partial charge in [-0.1, -0.05) is 24.3 Å². The van der Waals surface area contributed by atoms with E-state index in [2.05, 4.69) is 16.0 Å². The molecule has 4 aliphatic heterocycles. The molecule has 0 aliphatic carbocycles. The zero-order valence-corrected chi connectivity index (χ0v) is 30.1. The molecule has 4 aromatic rings. The van der Waals surface area contributed by atoms with Crippen LogP contribution in [0.2, 0.25) is 0 Å². The summed E-state index contributed by atoms with van der Waals surface area (Å²) >= 11 is 0. The molecule has 0 saturated carbocycles. The predicted octanol–water partition coefficient (Wildman–Crippen LogP) is 7.13. The molecule has 272 valence electrons. The molecule has 1 amide bonds. The van der Waals surface area contributed by atoms with Crippen LogP contribution in [0.1, 0.15) is 64.0 Å². The quantitative estimate of drug-likeness (QED) is 0.185. The maximum absolute atomic E-state index is 17.1.